The molecule has 0 radical (unpaired) electrons. The monoisotopic (exact) mass is 265 g/mol. The van der Waals surface area contributed by atoms with Crippen LogP contribution in [0, 0.1) is 0 Å². The van der Waals surface area contributed by atoms with Crippen LogP contribution in [-0.4, -0.2) is 22.1 Å². The second-order valence-electron chi connectivity index (χ2n) is 4.24. The molecule has 3 N–H and O–H groups in total. The number of hydrogen-bond donors (Lipinski definition) is 2. The van der Waals surface area contributed by atoms with Crippen LogP contribution in [0.5, 0.6) is 5.88 Å². The normalized spacial score (nSPS) is 11.3. The molecule has 0 aliphatic rings. The van der Waals surface area contributed by atoms with Crippen molar-refractivity contribution >= 4 is 23.1 Å². The Bertz CT molecular complexity index is 526. The van der Waals surface area contributed by atoms with Crippen molar-refractivity contribution in [3.05, 3.63) is 22.7 Å². The van der Waals surface area contributed by atoms with Gasteiger partial charge in [0.2, 0.25) is 11.8 Å². The molecule has 0 amide bonds. The van der Waals surface area contributed by atoms with Crippen LogP contribution < -0.4 is 15.8 Å². The van der Waals surface area contributed by atoms with Crippen molar-refractivity contribution in [3.63, 3.8) is 0 Å². The van der Waals surface area contributed by atoms with Gasteiger partial charge in [-0.15, -0.1) is 11.3 Å². The molecule has 0 aliphatic carbocycles. The van der Waals surface area contributed by atoms with Gasteiger partial charge in [0.15, 0.2) is 0 Å². The highest BCUT2D eigenvalue weighted by Crippen LogP contribution is 2.27. The Labute approximate surface area is 109 Å². The molecule has 18 heavy (non-hydrogen) atoms. The van der Waals surface area contributed by atoms with Crippen molar-refractivity contribution in [3.8, 4) is 5.88 Å². The molecule has 6 nitrogen and oxygen atoms in total. The average Bonchev–Trinajstić information content (AvgIpc) is 2.81. The van der Waals surface area contributed by atoms with E-state index in [0.29, 0.717) is 11.7 Å². The van der Waals surface area contributed by atoms with Gasteiger partial charge in [-0.25, -0.2) is 4.98 Å². The van der Waals surface area contributed by atoms with Crippen LogP contribution in [0.25, 0.3) is 0 Å². The number of thiazole rings is 1. The molecule has 0 bridgehead atoms. The van der Waals surface area contributed by atoms with Crippen molar-refractivity contribution in [1.82, 2.24) is 15.0 Å². The van der Waals surface area contributed by atoms with Gasteiger partial charge in [0.05, 0.1) is 12.6 Å². The van der Waals surface area contributed by atoms with Gasteiger partial charge in [0.25, 0.3) is 0 Å². The van der Waals surface area contributed by atoms with E-state index in [2.05, 4.69) is 20.3 Å². The number of methoxy groups -OCH3 is 1. The van der Waals surface area contributed by atoms with Crippen LogP contribution >= 0.6 is 11.3 Å². The molecule has 2 heterocycles. The lowest BCUT2D eigenvalue weighted by molar-refractivity contribution is 0.397. The van der Waals surface area contributed by atoms with Crippen molar-refractivity contribution in [2.75, 3.05) is 18.2 Å². The minimum atomic E-state index is -0.333. The molecule has 0 unspecified atom stereocenters. The Balaban J connectivity index is 2.26. The third kappa shape index (κ3) is 2.67. The largest absolute Gasteiger partial charge is 0.481 e. The summed E-state index contributed by atoms with van der Waals surface area (Å²) in [5.41, 5.74) is 5.28. The number of aromatic nitrogens is 3. The highest BCUT2D eigenvalue weighted by atomic mass is 32.1. The van der Waals surface area contributed by atoms with E-state index in [1.54, 1.807) is 23.6 Å². The summed E-state index contributed by atoms with van der Waals surface area (Å²) in [5, 5.41) is 6.18. The zero-order valence-corrected chi connectivity index (χ0v) is 11.3. The van der Waals surface area contributed by atoms with Gasteiger partial charge in [-0.2, -0.15) is 9.97 Å². The van der Waals surface area contributed by atoms with Gasteiger partial charge in [-0.05, 0) is 13.8 Å². The summed E-state index contributed by atoms with van der Waals surface area (Å²) in [5.74, 6) is 1.21. The van der Waals surface area contributed by atoms with E-state index in [-0.39, 0.29) is 11.5 Å². The fourth-order valence-corrected chi connectivity index (χ4v) is 2.24. The summed E-state index contributed by atoms with van der Waals surface area (Å²) in [6.07, 6.45) is 1.78. The van der Waals surface area contributed by atoms with Crippen molar-refractivity contribution in [2.45, 2.75) is 19.4 Å². The third-order valence-electron chi connectivity index (χ3n) is 2.34. The second kappa shape index (κ2) is 4.77. The van der Waals surface area contributed by atoms with E-state index in [9.17, 15) is 0 Å². The first-order chi connectivity index (χ1) is 8.51. The maximum Gasteiger partial charge on any atom is 0.225 e. The van der Waals surface area contributed by atoms with Crippen molar-refractivity contribution in [1.29, 1.82) is 0 Å². The van der Waals surface area contributed by atoms with Gasteiger partial charge >= 0.3 is 0 Å². The molecule has 0 spiro atoms. The summed E-state index contributed by atoms with van der Waals surface area (Å²) in [7, 11) is 1.54. The molecule has 0 aromatic carbocycles. The predicted molar refractivity (Wildman–Crippen MR) is 71.8 cm³/mol. The Morgan fingerprint density at radius 3 is 2.78 bits per heavy atom. The van der Waals surface area contributed by atoms with Crippen LogP contribution in [0.1, 0.15) is 18.9 Å². The molecule has 7 heteroatoms. The Morgan fingerprint density at radius 1 is 1.39 bits per heavy atom. The van der Waals surface area contributed by atoms with E-state index < -0.39 is 0 Å². The summed E-state index contributed by atoms with van der Waals surface area (Å²) >= 11 is 1.58. The van der Waals surface area contributed by atoms with Crippen molar-refractivity contribution < 1.29 is 4.74 Å². The van der Waals surface area contributed by atoms with E-state index in [1.807, 2.05) is 19.2 Å². The summed E-state index contributed by atoms with van der Waals surface area (Å²) in [4.78, 5) is 12.4. The molecular formula is C11H15N5OS. The van der Waals surface area contributed by atoms with Gasteiger partial charge < -0.3 is 15.8 Å². The molecule has 0 atom stereocenters. The number of anilines is 2. The SMILES string of the molecule is COc1cc(NC(C)(C)c2nccs2)nc(N)n1. The number of ether oxygens (including phenoxy) is 1. The molecule has 2 aromatic rings. The van der Waals surface area contributed by atoms with Crippen LogP contribution in [0.15, 0.2) is 17.6 Å². The van der Waals surface area contributed by atoms with Crippen LogP contribution in [0.2, 0.25) is 0 Å². The second-order valence-corrected chi connectivity index (χ2v) is 5.14. The van der Waals surface area contributed by atoms with Gasteiger partial charge in [0.1, 0.15) is 10.8 Å². The molecule has 2 aromatic heterocycles. The first-order valence-electron chi connectivity index (χ1n) is 5.38. The summed E-state index contributed by atoms with van der Waals surface area (Å²) in [6.45, 7) is 4.05. The standard InChI is InChI=1S/C11H15N5OS/c1-11(2,9-13-4-5-18-9)16-7-6-8(17-3)15-10(12)14-7/h4-6H,1-3H3,(H3,12,14,15,16). The zero-order chi connectivity index (χ0) is 13.2. The minimum Gasteiger partial charge on any atom is -0.481 e. The number of nitrogen functional groups attached to an aromatic ring is 1. The van der Waals surface area contributed by atoms with Crippen LogP contribution in [0.4, 0.5) is 11.8 Å². The fraction of sp³-hybridized carbons (Fsp3) is 0.364. The Hall–Kier alpha value is -1.89. The summed E-state index contributed by atoms with van der Waals surface area (Å²) in [6, 6.07) is 1.70. The molecule has 0 saturated carbocycles. The highest BCUT2D eigenvalue weighted by molar-refractivity contribution is 7.09. The molecule has 2 rings (SSSR count). The fourth-order valence-electron chi connectivity index (χ4n) is 1.52. The molecule has 0 saturated heterocycles. The number of nitrogens with one attached hydrogen (secondary N) is 1. The average molecular weight is 265 g/mol. The smallest absolute Gasteiger partial charge is 0.225 e. The van der Waals surface area contributed by atoms with Crippen LogP contribution in [0.3, 0.4) is 0 Å². The van der Waals surface area contributed by atoms with E-state index >= 15 is 0 Å². The maximum atomic E-state index is 5.62. The van der Waals surface area contributed by atoms with Gasteiger partial charge in [0, 0.05) is 17.6 Å². The summed E-state index contributed by atoms with van der Waals surface area (Å²) < 4.78 is 5.06. The maximum absolute atomic E-state index is 5.62. The number of nitrogens with zero attached hydrogens (tertiary/aromatic N) is 3. The molecular weight excluding hydrogens is 250 g/mol. The lowest BCUT2D eigenvalue weighted by Crippen LogP contribution is -2.28. The number of hydrogen-bond acceptors (Lipinski definition) is 7. The highest BCUT2D eigenvalue weighted by Gasteiger charge is 2.24. The number of rotatable bonds is 4. The van der Waals surface area contributed by atoms with E-state index in [4.69, 9.17) is 10.5 Å². The van der Waals surface area contributed by atoms with E-state index in [1.165, 1.54) is 7.11 Å². The topological polar surface area (TPSA) is 86.0 Å². The lowest BCUT2D eigenvalue weighted by atomic mass is 10.1. The predicted octanol–water partition coefficient (Wildman–Crippen LogP) is 1.87. The Morgan fingerprint density at radius 2 is 2.17 bits per heavy atom. The lowest BCUT2D eigenvalue weighted by Gasteiger charge is -2.24. The third-order valence-corrected chi connectivity index (χ3v) is 3.43. The first kappa shape index (κ1) is 12.6. The Kier molecular flexibility index (Phi) is 3.33. The molecule has 96 valence electrons. The van der Waals surface area contributed by atoms with E-state index in [0.717, 1.165) is 5.01 Å². The van der Waals surface area contributed by atoms with Gasteiger partial charge in [-0.3, -0.25) is 0 Å². The van der Waals surface area contributed by atoms with Crippen LogP contribution in [-0.2, 0) is 5.54 Å². The van der Waals surface area contributed by atoms with Crippen molar-refractivity contribution in [2.24, 2.45) is 0 Å². The number of nitrogens with two attached hydrogens (primary N) is 1. The quantitative estimate of drug-likeness (QED) is 0.877. The first-order valence-corrected chi connectivity index (χ1v) is 6.26. The minimum absolute atomic E-state index is 0.173. The van der Waals surface area contributed by atoms with Gasteiger partial charge in [-0.1, -0.05) is 0 Å². The molecule has 0 fully saturated rings. The zero-order valence-electron chi connectivity index (χ0n) is 10.5. The molecule has 0 aliphatic heterocycles.